The van der Waals surface area contributed by atoms with E-state index in [4.69, 9.17) is 0 Å². The van der Waals surface area contributed by atoms with Crippen molar-refractivity contribution in [3.8, 4) is 5.75 Å². The van der Waals surface area contributed by atoms with E-state index >= 15 is 0 Å². The van der Waals surface area contributed by atoms with Gasteiger partial charge in [-0.2, -0.15) is 0 Å². The van der Waals surface area contributed by atoms with E-state index in [2.05, 4.69) is 0 Å². The third-order valence-corrected chi connectivity index (χ3v) is 3.45. The molecular formula is C15H9NO2. The lowest BCUT2D eigenvalue weighted by Crippen LogP contribution is -2.10. The van der Waals surface area contributed by atoms with Crippen LogP contribution in [0.5, 0.6) is 5.75 Å². The maximum absolute atomic E-state index is 12.1. The average Bonchev–Trinajstić information content (AvgIpc) is 2.72. The molecule has 0 unspecified atom stereocenters. The molecule has 2 aromatic carbocycles. The lowest BCUT2D eigenvalue weighted by molar-refractivity contribution is 0.480. The zero-order valence-corrected chi connectivity index (χ0v) is 9.42. The molecule has 4 rings (SSSR count). The summed E-state index contributed by atoms with van der Waals surface area (Å²) in [5.41, 5.74) is 1.48. The number of pyridine rings is 1. The highest BCUT2D eigenvalue weighted by molar-refractivity contribution is 6.14. The number of aromatic hydroxyl groups is 1. The Kier molecular flexibility index (Phi) is 1.59. The quantitative estimate of drug-likeness (QED) is 0.509. The first-order valence-electron chi connectivity index (χ1n) is 5.75. The highest BCUT2D eigenvalue weighted by atomic mass is 16.3. The SMILES string of the molecule is O=c1cc(O)c2cccc3c4ccccc4n1c23. The second-order valence-corrected chi connectivity index (χ2v) is 4.42. The van der Waals surface area contributed by atoms with Gasteiger partial charge in [0.1, 0.15) is 5.75 Å². The van der Waals surface area contributed by atoms with Crippen molar-refractivity contribution < 1.29 is 5.11 Å². The van der Waals surface area contributed by atoms with Crippen LogP contribution in [0.2, 0.25) is 0 Å². The smallest absolute Gasteiger partial charge is 0.259 e. The minimum atomic E-state index is -0.197. The van der Waals surface area contributed by atoms with E-state index in [1.165, 1.54) is 6.07 Å². The molecule has 0 bridgehead atoms. The topological polar surface area (TPSA) is 41.7 Å². The first-order chi connectivity index (χ1) is 8.77. The van der Waals surface area contributed by atoms with Crippen LogP contribution in [0, 0.1) is 0 Å². The van der Waals surface area contributed by atoms with Gasteiger partial charge in [0, 0.05) is 22.2 Å². The van der Waals surface area contributed by atoms with E-state index in [0.717, 1.165) is 21.8 Å². The van der Waals surface area contributed by atoms with Crippen LogP contribution in [0.3, 0.4) is 0 Å². The van der Waals surface area contributed by atoms with E-state index in [1.807, 2.05) is 42.5 Å². The van der Waals surface area contributed by atoms with Crippen molar-refractivity contribution in [3.05, 3.63) is 58.9 Å². The molecule has 2 aromatic heterocycles. The highest BCUT2D eigenvalue weighted by Crippen LogP contribution is 2.33. The van der Waals surface area contributed by atoms with Gasteiger partial charge >= 0.3 is 0 Å². The number of rotatable bonds is 0. The number of aromatic nitrogens is 1. The van der Waals surface area contributed by atoms with E-state index in [-0.39, 0.29) is 11.3 Å². The van der Waals surface area contributed by atoms with Crippen molar-refractivity contribution in [3.63, 3.8) is 0 Å². The third-order valence-electron chi connectivity index (χ3n) is 3.45. The van der Waals surface area contributed by atoms with Gasteiger partial charge in [-0.05, 0) is 12.1 Å². The Morgan fingerprint density at radius 1 is 0.889 bits per heavy atom. The number of hydrogen-bond donors (Lipinski definition) is 1. The molecule has 1 N–H and O–H groups in total. The summed E-state index contributed by atoms with van der Waals surface area (Å²) in [5, 5.41) is 12.6. The summed E-state index contributed by atoms with van der Waals surface area (Å²) in [7, 11) is 0. The van der Waals surface area contributed by atoms with E-state index in [0.29, 0.717) is 5.39 Å². The predicted molar refractivity (Wildman–Crippen MR) is 71.5 cm³/mol. The van der Waals surface area contributed by atoms with Crippen LogP contribution in [0.25, 0.3) is 27.2 Å². The van der Waals surface area contributed by atoms with Crippen molar-refractivity contribution >= 4 is 27.2 Å². The molecule has 0 fully saturated rings. The summed E-state index contributed by atoms with van der Waals surface area (Å²) >= 11 is 0. The molecule has 0 saturated carbocycles. The van der Waals surface area contributed by atoms with Gasteiger partial charge in [0.25, 0.3) is 5.56 Å². The highest BCUT2D eigenvalue weighted by Gasteiger charge is 2.14. The van der Waals surface area contributed by atoms with Crippen LogP contribution in [0.1, 0.15) is 0 Å². The second-order valence-electron chi connectivity index (χ2n) is 4.42. The summed E-state index contributed by atoms with van der Waals surface area (Å²) in [4.78, 5) is 12.1. The van der Waals surface area contributed by atoms with Gasteiger partial charge in [-0.1, -0.05) is 30.3 Å². The molecule has 4 aromatic rings. The molecular weight excluding hydrogens is 226 g/mol. The Labute approximate surface area is 102 Å². The Morgan fingerprint density at radius 2 is 1.61 bits per heavy atom. The number of hydrogen-bond acceptors (Lipinski definition) is 2. The molecule has 0 atom stereocenters. The summed E-state index contributed by atoms with van der Waals surface area (Å²) in [6.45, 7) is 0. The molecule has 0 spiro atoms. The maximum Gasteiger partial charge on any atom is 0.259 e. The fourth-order valence-electron chi connectivity index (χ4n) is 2.71. The molecule has 0 amide bonds. The number of benzene rings is 2. The van der Waals surface area contributed by atoms with Gasteiger partial charge in [-0.3, -0.25) is 9.20 Å². The largest absolute Gasteiger partial charge is 0.507 e. The molecule has 0 radical (unpaired) electrons. The number of fused-ring (bicyclic) bond motifs is 3. The summed E-state index contributed by atoms with van der Waals surface area (Å²) in [6.07, 6.45) is 0. The van der Waals surface area contributed by atoms with Gasteiger partial charge in [-0.15, -0.1) is 0 Å². The second kappa shape index (κ2) is 3.01. The molecule has 0 aliphatic carbocycles. The van der Waals surface area contributed by atoms with Gasteiger partial charge in [0.15, 0.2) is 0 Å². The van der Waals surface area contributed by atoms with Crippen molar-refractivity contribution in [2.75, 3.05) is 0 Å². The van der Waals surface area contributed by atoms with Crippen molar-refractivity contribution in [2.45, 2.75) is 0 Å². The molecule has 0 aliphatic rings. The van der Waals surface area contributed by atoms with E-state index < -0.39 is 0 Å². The fourth-order valence-corrected chi connectivity index (χ4v) is 2.71. The van der Waals surface area contributed by atoms with Gasteiger partial charge < -0.3 is 5.11 Å². The van der Waals surface area contributed by atoms with Crippen LogP contribution in [-0.2, 0) is 0 Å². The Morgan fingerprint density at radius 3 is 2.50 bits per heavy atom. The van der Waals surface area contributed by atoms with E-state index in [1.54, 1.807) is 4.40 Å². The maximum atomic E-state index is 12.1. The molecule has 86 valence electrons. The summed E-state index contributed by atoms with van der Waals surface area (Å²) in [5.74, 6) is 0.0425. The molecule has 0 aliphatic heterocycles. The fraction of sp³-hybridized carbons (Fsp3) is 0. The minimum Gasteiger partial charge on any atom is -0.507 e. The zero-order chi connectivity index (χ0) is 12.3. The van der Waals surface area contributed by atoms with Gasteiger partial charge in [-0.25, -0.2) is 0 Å². The molecule has 2 heterocycles. The van der Waals surface area contributed by atoms with Gasteiger partial charge in [0.2, 0.25) is 0 Å². The van der Waals surface area contributed by atoms with Crippen molar-refractivity contribution in [1.29, 1.82) is 0 Å². The monoisotopic (exact) mass is 235 g/mol. The van der Waals surface area contributed by atoms with Crippen LogP contribution < -0.4 is 5.56 Å². The summed E-state index contributed by atoms with van der Waals surface area (Å²) in [6, 6.07) is 14.8. The molecule has 0 saturated heterocycles. The lowest BCUT2D eigenvalue weighted by Gasteiger charge is -2.02. The first-order valence-corrected chi connectivity index (χ1v) is 5.75. The van der Waals surface area contributed by atoms with E-state index in [9.17, 15) is 9.90 Å². The Hall–Kier alpha value is -2.55. The van der Waals surface area contributed by atoms with Crippen LogP contribution in [0.4, 0.5) is 0 Å². The van der Waals surface area contributed by atoms with Crippen molar-refractivity contribution in [2.24, 2.45) is 0 Å². The normalized spacial score (nSPS) is 11.8. The predicted octanol–water partition coefficient (Wildman–Crippen LogP) is 2.75. The lowest BCUT2D eigenvalue weighted by atomic mass is 10.1. The van der Waals surface area contributed by atoms with Crippen LogP contribution in [-0.4, -0.2) is 9.51 Å². The standard InChI is InChI=1S/C15H9NO2/c17-13-8-14(18)16-12-7-2-1-4-9(12)10-5-3-6-11(13)15(10)16/h1-8,17H. The van der Waals surface area contributed by atoms with Crippen molar-refractivity contribution in [1.82, 2.24) is 4.40 Å². The van der Waals surface area contributed by atoms with Crippen LogP contribution >= 0.6 is 0 Å². The molecule has 3 heteroatoms. The van der Waals surface area contributed by atoms with Gasteiger partial charge in [0.05, 0.1) is 11.0 Å². The Bertz CT molecular complexity index is 953. The average molecular weight is 235 g/mol. The number of nitrogens with zero attached hydrogens (tertiary/aromatic N) is 1. The summed E-state index contributed by atoms with van der Waals surface area (Å²) < 4.78 is 1.67. The zero-order valence-electron chi connectivity index (χ0n) is 9.42. The third kappa shape index (κ3) is 0.966. The Balaban J connectivity index is 2.55. The number of para-hydroxylation sites is 2. The first kappa shape index (κ1) is 9.48. The molecule has 18 heavy (non-hydrogen) atoms. The minimum absolute atomic E-state index is 0.0425. The molecule has 3 nitrogen and oxygen atoms in total. The van der Waals surface area contributed by atoms with Crippen LogP contribution in [0.15, 0.2) is 53.3 Å².